The number of ether oxygens (including phenoxy) is 1. The van der Waals surface area contributed by atoms with E-state index in [1.807, 2.05) is 20.8 Å². The zero-order valence-corrected chi connectivity index (χ0v) is 10.8. The molecule has 0 radical (unpaired) electrons. The molecule has 0 aliphatic rings. The smallest absolute Gasteiger partial charge is 0.341 e. The molecule has 1 heterocycles. The Kier molecular flexibility index (Phi) is 3.97. The average molecular weight is 245 g/mol. The van der Waals surface area contributed by atoms with E-state index in [2.05, 4.69) is 5.10 Å². The predicted molar refractivity (Wildman–Crippen MR) is 62.7 cm³/mol. The van der Waals surface area contributed by atoms with Crippen molar-refractivity contribution in [2.45, 2.75) is 39.1 Å². The molecular formula is C11H17ClN2O2. The largest absolute Gasteiger partial charge is 0.462 e. The van der Waals surface area contributed by atoms with E-state index in [1.165, 1.54) is 6.20 Å². The van der Waals surface area contributed by atoms with Crippen molar-refractivity contribution < 1.29 is 9.53 Å². The monoisotopic (exact) mass is 244 g/mol. The van der Waals surface area contributed by atoms with Crippen LogP contribution in [0, 0.1) is 0 Å². The van der Waals surface area contributed by atoms with Crippen LogP contribution in [0.15, 0.2) is 6.20 Å². The van der Waals surface area contributed by atoms with Gasteiger partial charge in [-0.2, -0.15) is 5.10 Å². The molecule has 1 aromatic rings. The topological polar surface area (TPSA) is 44.1 Å². The highest BCUT2D eigenvalue weighted by atomic mass is 35.5. The molecule has 0 saturated heterocycles. The van der Waals surface area contributed by atoms with Gasteiger partial charge in [0.25, 0.3) is 0 Å². The average Bonchev–Trinajstić information content (AvgIpc) is 2.60. The molecule has 0 atom stereocenters. The summed E-state index contributed by atoms with van der Waals surface area (Å²) in [5, 5.41) is 4.19. The van der Waals surface area contributed by atoms with E-state index in [0.717, 1.165) is 0 Å². The Morgan fingerprint density at radius 3 is 2.62 bits per heavy atom. The first-order valence-corrected chi connectivity index (χ1v) is 5.75. The number of carbonyl (C=O) groups is 1. The Labute approximate surface area is 101 Å². The molecule has 0 N–H and O–H groups in total. The second-order valence-electron chi connectivity index (χ2n) is 4.44. The second-order valence-corrected chi connectivity index (χ2v) is 4.71. The minimum atomic E-state index is -0.367. The van der Waals surface area contributed by atoms with E-state index in [1.54, 1.807) is 11.6 Å². The molecule has 5 heteroatoms. The summed E-state index contributed by atoms with van der Waals surface area (Å²) < 4.78 is 6.70. The van der Waals surface area contributed by atoms with Gasteiger partial charge in [0.05, 0.1) is 29.9 Å². The molecule has 0 saturated carbocycles. The zero-order chi connectivity index (χ0) is 12.3. The van der Waals surface area contributed by atoms with Crippen LogP contribution in [0.2, 0.25) is 0 Å². The molecule has 0 aromatic carbocycles. The molecule has 0 fully saturated rings. The summed E-state index contributed by atoms with van der Waals surface area (Å²) in [7, 11) is 0. The van der Waals surface area contributed by atoms with Gasteiger partial charge in [0.15, 0.2) is 0 Å². The molecular weight excluding hydrogens is 228 g/mol. The van der Waals surface area contributed by atoms with Crippen LogP contribution in [-0.2, 0) is 16.2 Å². The Bertz CT molecular complexity index is 380. The van der Waals surface area contributed by atoms with Crippen LogP contribution >= 0.6 is 11.6 Å². The Balaban J connectivity index is 3.14. The fourth-order valence-corrected chi connectivity index (χ4v) is 1.72. The third-order valence-corrected chi connectivity index (χ3v) is 2.38. The molecule has 0 aliphatic heterocycles. The molecule has 1 aromatic heterocycles. The molecule has 0 unspecified atom stereocenters. The van der Waals surface area contributed by atoms with Crippen molar-refractivity contribution in [1.82, 2.24) is 9.78 Å². The number of aromatic nitrogens is 2. The van der Waals surface area contributed by atoms with Gasteiger partial charge >= 0.3 is 5.97 Å². The van der Waals surface area contributed by atoms with Crippen LogP contribution in [-0.4, -0.2) is 22.4 Å². The highest BCUT2D eigenvalue weighted by molar-refractivity contribution is 6.17. The highest BCUT2D eigenvalue weighted by Crippen LogP contribution is 2.21. The number of nitrogens with zero attached hydrogens (tertiary/aromatic N) is 2. The molecule has 0 aliphatic carbocycles. The van der Waals surface area contributed by atoms with Gasteiger partial charge in [0, 0.05) is 0 Å². The second kappa shape index (κ2) is 4.87. The summed E-state index contributed by atoms with van der Waals surface area (Å²) in [6.45, 7) is 8.13. The summed E-state index contributed by atoms with van der Waals surface area (Å²) in [6, 6.07) is 0. The van der Waals surface area contributed by atoms with Gasteiger partial charge in [0.1, 0.15) is 5.56 Å². The van der Waals surface area contributed by atoms with Crippen LogP contribution in [0.25, 0.3) is 0 Å². The van der Waals surface area contributed by atoms with Crippen LogP contribution < -0.4 is 0 Å². The van der Waals surface area contributed by atoms with E-state index in [4.69, 9.17) is 16.3 Å². The van der Waals surface area contributed by atoms with Crippen molar-refractivity contribution in [2.75, 3.05) is 6.61 Å². The molecule has 4 nitrogen and oxygen atoms in total. The summed E-state index contributed by atoms with van der Waals surface area (Å²) in [5.41, 5.74) is 0.953. The number of esters is 1. The third kappa shape index (κ3) is 2.55. The van der Waals surface area contributed by atoms with Crippen molar-refractivity contribution in [3.63, 3.8) is 0 Å². The maximum atomic E-state index is 11.6. The summed E-state index contributed by atoms with van der Waals surface area (Å²) in [4.78, 5) is 11.6. The predicted octanol–water partition coefficient (Wildman–Crippen LogP) is 2.55. The first-order chi connectivity index (χ1) is 7.41. The lowest BCUT2D eigenvalue weighted by Gasteiger charge is -2.22. The quantitative estimate of drug-likeness (QED) is 0.606. The summed E-state index contributed by atoms with van der Waals surface area (Å²) >= 11 is 5.86. The van der Waals surface area contributed by atoms with Gasteiger partial charge in [-0.05, 0) is 27.7 Å². The maximum absolute atomic E-state index is 11.6. The normalized spacial score (nSPS) is 11.6. The molecule has 1 rings (SSSR count). The maximum Gasteiger partial charge on any atom is 0.341 e. The number of hydrogen-bond donors (Lipinski definition) is 0. The Morgan fingerprint density at radius 2 is 2.19 bits per heavy atom. The number of rotatable bonds is 3. The van der Waals surface area contributed by atoms with Crippen molar-refractivity contribution in [3.8, 4) is 0 Å². The molecule has 16 heavy (non-hydrogen) atoms. The first-order valence-electron chi connectivity index (χ1n) is 5.22. The molecule has 0 spiro atoms. The number of carbonyl (C=O) groups excluding carboxylic acids is 1. The van der Waals surface area contributed by atoms with Crippen molar-refractivity contribution in [3.05, 3.63) is 17.5 Å². The van der Waals surface area contributed by atoms with Crippen LogP contribution in [0.5, 0.6) is 0 Å². The van der Waals surface area contributed by atoms with Gasteiger partial charge in [-0.15, -0.1) is 11.6 Å². The standard InChI is InChI=1S/C11H17ClN2O2/c1-5-16-10(15)8-7-13-14(9(8)6-12)11(2,3)4/h7H,5-6H2,1-4H3. The third-order valence-electron chi connectivity index (χ3n) is 2.13. The summed E-state index contributed by atoms with van der Waals surface area (Å²) in [6.07, 6.45) is 1.51. The van der Waals surface area contributed by atoms with E-state index >= 15 is 0 Å². The van der Waals surface area contributed by atoms with Crippen LogP contribution in [0.1, 0.15) is 43.7 Å². The van der Waals surface area contributed by atoms with E-state index < -0.39 is 0 Å². The highest BCUT2D eigenvalue weighted by Gasteiger charge is 2.23. The van der Waals surface area contributed by atoms with Gasteiger partial charge in [-0.3, -0.25) is 4.68 Å². The fourth-order valence-electron chi connectivity index (χ4n) is 1.46. The van der Waals surface area contributed by atoms with Gasteiger partial charge in [-0.25, -0.2) is 4.79 Å². The van der Waals surface area contributed by atoms with Crippen LogP contribution in [0.3, 0.4) is 0 Å². The first kappa shape index (κ1) is 13.0. The summed E-state index contributed by atoms with van der Waals surface area (Å²) in [5.74, 6) is -0.126. The van der Waals surface area contributed by atoms with E-state index in [0.29, 0.717) is 17.9 Å². The lowest BCUT2D eigenvalue weighted by Crippen LogP contribution is -2.25. The van der Waals surface area contributed by atoms with E-state index in [9.17, 15) is 4.79 Å². The van der Waals surface area contributed by atoms with Gasteiger partial charge in [-0.1, -0.05) is 0 Å². The number of halogens is 1. The Morgan fingerprint density at radius 1 is 1.56 bits per heavy atom. The fraction of sp³-hybridized carbons (Fsp3) is 0.636. The van der Waals surface area contributed by atoms with Gasteiger partial charge in [0.2, 0.25) is 0 Å². The van der Waals surface area contributed by atoms with Crippen molar-refractivity contribution >= 4 is 17.6 Å². The molecule has 90 valence electrons. The molecule has 0 bridgehead atoms. The number of alkyl halides is 1. The van der Waals surface area contributed by atoms with Crippen molar-refractivity contribution in [1.29, 1.82) is 0 Å². The lowest BCUT2D eigenvalue weighted by atomic mass is 10.1. The van der Waals surface area contributed by atoms with Gasteiger partial charge < -0.3 is 4.74 Å². The zero-order valence-electron chi connectivity index (χ0n) is 10.1. The Hall–Kier alpha value is -1.03. The SMILES string of the molecule is CCOC(=O)c1cnn(C(C)(C)C)c1CCl. The van der Waals surface area contributed by atoms with E-state index in [-0.39, 0.29) is 17.4 Å². The lowest BCUT2D eigenvalue weighted by molar-refractivity contribution is 0.0525. The minimum Gasteiger partial charge on any atom is -0.462 e. The minimum absolute atomic E-state index is 0.199. The van der Waals surface area contributed by atoms with Crippen LogP contribution in [0.4, 0.5) is 0 Å². The molecule has 0 amide bonds. The number of hydrogen-bond acceptors (Lipinski definition) is 3. The van der Waals surface area contributed by atoms with Crippen molar-refractivity contribution in [2.24, 2.45) is 0 Å².